The van der Waals surface area contributed by atoms with Gasteiger partial charge < -0.3 is 4.90 Å². The van der Waals surface area contributed by atoms with E-state index in [-0.39, 0.29) is 0 Å². The highest BCUT2D eigenvalue weighted by Gasteiger charge is 2.36. The topological polar surface area (TPSA) is 6.48 Å². The second kappa shape index (κ2) is 5.75. The first-order valence-electron chi connectivity index (χ1n) is 7.56. The summed E-state index contributed by atoms with van der Waals surface area (Å²) in [4.78, 5) is 5.13. The molecule has 2 fully saturated rings. The lowest BCUT2D eigenvalue weighted by Gasteiger charge is -2.45. The van der Waals surface area contributed by atoms with Crippen LogP contribution in [0.1, 0.15) is 31.7 Å². The van der Waals surface area contributed by atoms with Gasteiger partial charge in [-0.3, -0.25) is 4.90 Å². The zero-order valence-corrected chi connectivity index (χ0v) is 13.7. The van der Waals surface area contributed by atoms with Crippen molar-refractivity contribution in [3.8, 4) is 0 Å². The van der Waals surface area contributed by atoms with Gasteiger partial charge >= 0.3 is 0 Å². The molecule has 0 saturated carbocycles. The number of halogens is 2. The molecule has 0 aromatic heterocycles. The fraction of sp³-hybridized carbons (Fsp3) is 0.625. The van der Waals surface area contributed by atoms with Gasteiger partial charge in [0.15, 0.2) is 0 Å². The molecule has 20 heavy (non-hydrogen) atoms. The van der Waals surface area contributed by atoms with Gasteiger partial charge in [0, 0.05) is 30.2 Å². The van der Waals surface area contributed by atoms with E-state index >= 15 is 0 Å². The fourth-order valence-electron chi connectivity index (χ4n) is 3.59. The molecule has 2 aliphatic heterocycles. The van der Waals surface area contributed by atoms with Crippen LogP contribution < -0.4 is 4.90 Å². The number of fused-ring (bicyclic) bond motifs is 1. The van der Waals surface area contributed by atoms with Gasteiger partial charge in [-0.15, -0.1) is 0 Å². The standard InChI is InChI=1S/C16H22Cl2N2/c1-3-12-9-19-6-4-5-13(19)10-20(12)16-8-14(17)11(2)7-15(16)18/h7-8,12-13H,3-6,9-10H2,1-2H3. The Bertz CT molecular complexity index is 503. The number of aryl methyl sites for hydroxylation is 1. The minimum atomic E-state index is 0.542. The Morgan fingerprint density at radius 2 is 2.00 bits per heavy atom. The van der Waals surface area contributed by atoms with Crippen LogP contribution in [0, 0.1) is 6.92 Å². The Hall–Kier alpha value is -0.440. The quantitative estimate of drug-likeness (QED) is 0.800. The molecule has 0 amide bonds. The Morgan fingerprint density at radius 1 is 1.20 bits per heavy atom. The molecule has 0 N–H and O–H groups in total. The minimum Gasteiger partial charge on any atom is -0.364 e. The van der Waals surface area contributed by atoms with Gasteiger partial charge in [-0.25, -0.2) is 0 Å². The Balaban J connectivity index is 1.92. The summed E-state index contributed by atoms with van der Waals surface area (Å²) in [5.74, 6) is 0. The van der Waals surface area contributed by atoms with E-state index < -0.39 is 0 Å². The van der Waals surface area contributed by atoms with Crippen LogP contribution in [0.4, 0.5) is 5.69 Å². The fourth-order valence-corrected chi connectivity index (χ4v) is 4.07. The van der Waals surface area contributed by atoms with E-state index in [2.05, 4.69) is 16.7 Å². The molecule has 110 valence electrons. The summed E-state index contributed by atoms with van der Waals surface area (Å²) in [6.07, 6.45) is 3.78. The van der Waals surface area contributed by atoms with E-state index in [9.17, 15) is 0 Å². The van der Waals surface area contributed by atoms with Crippen molar-refractivity contribution in [1.82, 2.24) is 4.90 Å². The summed E-state index contributed by atoms with van der Waals surface area (Å²) in [6.45, 7) is 7.76. The first-order valence-corrected chi connectivity index (χ1v) is 8.32. The maximum Gasteiger partial charge on any atom is 0.0643 e. The summed E-state index contributed by atoms with van der Waals surface area (Å²) in [5, 5.41) is 1.64. The summed E-state index contributed by atoms with van der Waals surface area (Å²) in [5.41, 5.74) is 2.16. The van der Waals surface area contributed by atoms with Crippen molar-refractivity contribution in [2.24, 2.45) is 0 Å². The van der Waals surface area contributed by atoms with Crippen LogP contribution in [0.2, 0.25) is 10.0 Å². The van der Waals surface area contributed by atoms with E-state index in [4.69, 9.17) is 23.2 Å². The highest BCUT2D eigenvalue weighted by atomic mass is 35.5. The van der Waals surface area contributed by atoms with Crippen molar-refractivity contribution in [1.29, 1.82) is 0 Å². The molecule has 0 aliphatic carbocycles. The van der Waals surface area contributed by atoms with Crippen LogP contribution in [-0.2, 0) is 0 Å². The van der Waals surface area contributed by atoms with E-state index in [1.54, 1.807) is 0 Å². The summed E-state index contributed by atoms with van der Waals surface area (Å²) in [6, 6.07) is 5.27. The molecule has 2 unspecified atom stereocenters. The van der Waals surface area contributed by atoms with Crippen LogP contribution in [0.15, 0.2) is 12.1 Å². The zero-order valence-electron chi connectivity index (χ0n) is 12.2. The molecule has 0 spiro atoms. The van der Waals surface area contributed by atoms with Gasteiger partial charge in [0.25, 0.3) is 0 Å². The number of hydrogen-bond donors (Lipinski definition) is 0. The van der Waals surface area contributed by atoms with Gasteiger partial charge in [0.1, 0.15) is 0 Å². The lowest BCUT2D eigenvalue weighted by Crippen LogP contribution is -2.56. The van der Waals surface area contributed by atoms with Gasteiger partial charge in [-0.1, -0.05) is 30.1 Å². The minimum absolute atomic E-state index is 0.542. The molecule has 2 heterocycles. The van der Waals surface area contributed by atoms with Crippen molar-refractivity contribution in [3.05, 3.63) is 27.7 Å². The highest BCUT2D eigenvalue weighted by Crippen LogP contribution is 2.36. The maximum atomic E-state index is 6.49. The predicted molar refractivity (Wildman–Crippen MR) is 87.2 cm³/mol. The molecular weight excluding hydrogens is 291 g/mol. The Labute approximate surface area is 131 Å². The Morgan fingerprint density at radius 3 is 2.75 bits per heavy atom. The van der Waals surface area contributed by atoms with Crippen molar-refractivity contribution in [2.75, 3.05) is 24.5 Å². The second-order valence-electron chi connectivity index (χ2n) is 6.06. The lowest BCUT2D eigenvalue weighted by molar-refractivity contribution is 0.195. The molecule has 4 heteroatoms. The molecule has 2 saturated heterocycles. The lowest BCUT2D eigenvalue weighted by atomic mass is 10.0. The molecule has 0 radical (unpaired) electrons. The van der Waals surface area contributed by atoms with Crippen molar-refractivity contribution < 1.29 is 0 Å². The largest absolute Gasteiger partial charge is 0.364 e. The molecule has 2 aliphatic rings. The van der Waals surface area contributed by atoms with Gasteiger partial charge in [-0.05, 0) is 50.4 Å². The van der Waals surface area contributed by atoms with E-state index in [1.807, 2.05) is 19.1 Å². The third kappa shape index (κ3) is 2.54. The number of benzene rings is 1. The van der Waals surface area contributed by atoms with Gasteiger partial charge in [0.05, 0.1) is 10.7 Å². The molecule has 2 nitrogen and oxygen atoms in total. The van der Waals surface area contributed by atoms with Crippen LogP contribution in [0.5, 0.6) is 0 Å². The SMILES string of the molecule is CCC1CN2CCCC2CN1c1cc(Cl)c(C)cc1Cl. The van der Waals surface area contributed by atoms with Crippen molar-refractivity contribution in [3.63, 3.8) is 0 Å². The van der Waals surface area contributed by atoms with Crippen LogP contribution in [0.25, 0.3) is 0 Å². The number of nitrogens with zero attached hydrogens (tertiary/aromatic N) is 2. The number of rotatable bonds is 2. The van der Waals surface area contributed by atoms with E-state index in [0.717, 1.165) is 40.8 Å². The smallest absolute Gasteiger partial charge is 0.0643 e. The summed E-state index contributed by atoms with van der Waals surface area (Å²) in [7, 11) is 0. The first-order chi connectivity index (χ1) is 9.60. The third-order valence-electron chi connectivity index (χ3n) is 4.80. The molecular formula is C16H22Cl2N2. The molecule has 1 aromatic carbocycles. The van der Waals surface area contributed by atoms with Crippen molar-refractivity contribution in [2.45, 2.75) is 45.2 Å². The number of anilines is 1. The molecule has 2 atom stereocenters. The average Bonchev–Trinajstić information content (AvgIpc) is 2.88. The third-order valence-corrected chi connectivity index (χ3v) is 5.51. The van der Waals surface area contributed by atoms with Crippen LogP contribution in [0.3, 0.4) is 0 Å². The summed E-state index contributed by atoms with van der Waals surface area (Å²) < 4.78 is 0. The monoisotopic (exact) mass is 312 g/mol. The van der Waals surface area contributed by atoms with Gasteiger partial charge in [-0.2, -0.15) is 0 Å². The van der Waals surface area contributed by atoms with Gasteiger partial charge in [0.2, 0.25) is 0 Å². The highest BCUT2D eigenvalue weighted by molar-refractivity contribution is 6.35. The second-order valence-corrected chi connectivity index (χ2v) is 6.87. The van der Waals surface area contributed by atoms with E-state index in [0.29, 0.717) is 12.1 Å². The molecule has 3 rings (SSSR count). The molecule has 0 bridgehead atoms. The van der Waals surface area contributed by atoms with Crippen LogP contribution >= 0.6 is 23.2 Å². The van der Waals surface area contributed by atoms with Crippen molar-refractivity contribution >= 4 is 28.9 Å². The zero-order chi connectivity index (χ0) is 14.3. The number of hydrogen-bond acceptors (Lipinski definition) is 2. The predicted octanol–water partition coefficient (Wildman–Crippen LogP) is 4.36. The van der Waals surface area contributed by atoms with E-state index in [1.165, 1.54) is 19.4 Å². The average molecular weight is 313 g/mol. The Kier molecular flexibility index (Phi) is 4.16. The summed E-state index contributed by atoms with van der Waals surface area (Å²) >= 11 is 12.8. The number of piperazine rings is 1. The molecule has 1 aromatic rings. The maximum absolute atomic E-state index is 6.49. The van der Waals surface area contributed by atoms with Crippen LogP contribution in [-0.4, -0.2) is 36.6 Å². The normalized spacial score (nSPS) is 26.9. The first kappa shape index (κ1) is 14.5.